The number of hydrogen-bond acceptors (Lipinski definition) is 3. The molecular weight excluding hydrogens is 355 g/mol. The van der Waals surface area contributed by atoms with Crippen LogP contribution in [0.1, 0.15) is 31.7 Å². The second-order valence-electron chi connectivity index (χ2n) is 6.93. The standard InChI is InChI=1S/C17H20F3NO3S/c1-11(12-5-6-12)21(16(22)13-7-8-25(23,24)10-13)15-4-2-3-14(9-15)17(18,19)20/h2-4,9,11-13H,5-8,10H2,1H3/t11-,13+/m0/s1. The van der Waals surface area contributed by atoms with Crippen molar-refractivity contribution in [2.45, 2.75) is 38.4 Å². The number of carbonyl (C=O) groups excluding carboxylic acids is 1. The van der Waals surface area contributed by atoms with E-state index in [1.54, 1.807) is 0 Å². The van der Waals surface area contributed by atoms with Gasteiger partial charge in [0.2, 0.25) is 5.91 Å². The molecule has 1 aliphatic carbocycles. The van der Waals surface area contributed by atoms with Crippen LogP contribution in [0, 0.1) is 11.8 Å². The third-order valence-electron chi connectivity index (χ3n) is 4.98. The molecule has 2 aliphatic rings. The van der Waals surface area contributed by atoms with Gasteiger partial charge in [0.25, 0.3) is 0 Å². The summed E-state index contributed by atoms with van der Waals surface area (Å²) in [5, 5.41) is 0. The fourth-order valence-corrected chi connectivity index (χ4v) is 5.10. The van der Waals surface area contributed by atoms with Crippen LogP contribution in [0.25, 0.3) is 0 Å². The number of sulfone groups is 1. The van der Waals surface area contributed by atoms with Crippen LogP contribution < -0.4 is 4.90 Å². The molecule has 3 rings (SSSR count). The van der Waals surface area contributed by atoms with Gasteiger partial charge in [-0.25, -0.2) is 8.42 Å². The number of anilines is 1. The van der Waals surface area contributed by atoms with Crippen LogP contribution in [0.15, 0.2) is 24.3 Å². The second-order valence-corrected chi connectivity index (χ2v) is 9.16. The van der Waals surface area contributed by atoms with Crippen LogP contribution in [-0.2, 0) is 20.8 Å². The molecule has 1 saturated heterocycles. The molecule has 8 heteroatoms. The fourth-order valence-electron chi connectivity index (χ4n) is 3.37. The molecule has 2 atom stereocenters. The average molecular weight is 375 g/mol. The lowest BCUT2D eigenvalue weighted by Gasteiger charge is -2.32. The SMILES string of the molecule is C[C@@H](C1CC1)N(C(=O)[C@@H]1CCS(=O)(=O)C1)c1cccc(C(F)(F)F)c1. The van der Waals surface area contributed by atoms with Gasteiger partial charge in [0.1, 0.15) is 0 Å². The number of rotatable bonds is 4. The number of benzene rings is 1. The highest BCUT2D eigenvalue weighted by atomic mass is 32.2. The summed E-state index contributed by atoms with van der Waals surface area (Å²) in [5.74, 6) is -1.09. The van der Waals surface area contributed by atoms with Crippen molar-refractivity contribution in [3.8, 4) is 0 Å². The molecule has 4 nitrogen and oxygen atoms in total. The molecule has 0 unspecified atom stereocenters. The second kappa shape index (κ2) is 6.30. The quantitative estimate of drug-likeness (QED) is 0.812. The summed E-state index contributed by atoms with van der Waals surface area (Å²) in [6.07, 6.45) is -2.42. The van der Waals surface area contributed by atoms with E-state index in [4.69, 9.17) is 0 Å². The first-order valence-corrected chi connectivity index (χ1v) is 10.1. The van der Waals surface area contributed by atoms with Crippen molar-refractivity contribution in [3.05, 3.63) is 29.8 Å². The Morgan fingerprint density at radius 1 is 1.24 bits per heavy atom. The van der Waals surface area contributed by atoms with Gasteiger partial charge >= 0.3 is 6.18 Å². The topological polar surface area (TPSA) is 54.5 Å². The minimum atomic E-state index is -4.50. The molecule has 1 saturated carbocycles. The molecule has 0 bridgehead atoms. The number of alkyl halides is 3. The summed E-state index contributed by atoms with van der Waals surface area (Å²) in [6, 6.07) is 4.45. The van der Waals surface area contributed by atoms with E-state index < -0.39 is 27.5 Å². The van der Waals surface area contributed by atoms with E-state index in [2.05, 4.69) is 0 Å². The van der Waals surface area contributed by atoms with Gasteiger partial charge in [-0.3, -0.25) is 4.79 Å². The van der Waals surface area contributed by atoms with Gasteiger partial charge in [0.05, 0.1) is 23.0 Å². The Hall–Kier alpha value is -1.57. The summed E-state index contributed by atoms with van der Waals surface area (Å²) in [7, 11) is -3.25. The van der Waals surface area contributed by atoms with E-state index in [1.165, 1.54) is 17.0 Å². The van der Waals surface area contributed by atoms with E-state index in [0.29, 0.717) is 0 Å². The first-order chi connectivity index (χ1) is 11.6. The summed E-state index contributed by atoms with van der Waals surface area (Å²) in [4.78, 5) is 14.3. The third-order valence-corrected chi connectivity index (χ3v) is 6.75. The molecule has 1 heterocycles. The van der Waals surface area contributed by atoms with Crippen molar-refractivity contribution in [3.63, 3.8) is 0 Å². The van der Waals surface area contributed by atoms with Crippen molar-refractivity contribution in [2.75, 3.05) is 16.4 Å². The molecule has 1 aromatic carbocycles. The first kappa shape index (κ1) is 18.2. The van der Waals surface area contributed by atoms with Crippen molar-refractivity contribution >= 4 is 21.4 Å². The van der Waals surface area contributed by atoms with Gasteiger partial charge < -0.3 is 4.90 Å². The van der Waals surface area contributed by atoms with Crippen LogP contribution in [0.2, 0.25) is 0 Å². The zero-order valence-corrected chi connectivity index (χ0v) is 14.6. The molecule has 25 heavy (non-hydrogen) atoms. The fraction of sp³-hybridized carbons (Fsp3) is 0.588. The van der Waals surface area contributed by atoms with Crippen molar-refractivity contribution in [1.29, 1.82) is 0 Å². The monoisotopic (exact) mass is 375 g/mol. The molecule has 0 N–H and O–H groups in total. The first-order valence-electron chi connectivity index (χ1n) is 8.29. The van der Waals surface area contributed by atoms with Crippen molar-refractivity contribution in [1.82, 2.24) is 0 Å². The van der Waals surface area contributed by atoms with E-state index in [0.717, 1.165) is 25.0 Å². The van der Waals surface area contributed by atoms with Gasteiger partial charge in [-0.1, -0.05) is 6.07 Å². The molecule has 0 spiro atoms. The van der Waals surface area contributed by atoms with Crippen LogP contribution in [0.3, 0.4) is 0 Å². The van der Waals surface area contributed by atoms with Gasteiger partial charge in [0, 0.05) is 11.7 Å². The zero-order valence-electron chi connectivity index (χ0n) is 13.8. The Morgan fingerprint density at radius 2 is 1.92 bits per heavy atom. The van der Waals surface area contributed by atoms with E-state index in [1.807, 2.05) is 6.92 Å². The average Bonchev–Trinajstić information content (AvgIpc) is 3.30. The van der Waals surface area contributed by atoms with Gasteiger partial charge in [-0.15, -0.1) is 0 Å². The number of nitrogens with zero attached hydrogens (tertiary/aromatic N) is 1. The van der Waals surface area contributed by atoms with Crippen molar-refractivity contribution in [2.24, 2.45) is 11.8 Å². The molecule has 0 aromatic heterocycles. The van der Waals surface area contributed by atoms with Crippen LogP contribution in [0.5, 0.6) is 0 Å². The number of hydrogen-bond donors (Lipinski definition) is 0. The largest absolute Gasteiger partial charge is 0.416 e. The predicted octanol–water partition coefficient (Wildman–Crippen LogP) is 3.27. The Kier molecular flexibility index (Phi) is 4.59. The van der Waals surface area contributed by atoms with Gasteiger partial charge in [-0.05, 0) is 50.3 Å². The Labute approximate surface area is 144 Å². The summed E-state index contributed by atoms with van der Waals surface area (Å²) >= 11 is 0. The highest BCUT2D eigenvalue weighted by molar-refractivity contribution is 7.91. The van der Waals surface area contributed by atoms with Gasteiger partial charge in [-0.2, -0.15) is 13.2 Å². The maximum absolute atomic E-state index is 13.0. The van der Waals surface area contributed by atoms with Crippen LogP contribution in [-0.4, -0.2) is 31.9 Å². The highest BCUT2D eigenvalue weighted by Crippen LogP contribution is 2.39. The number of amides is 1. The van der Waals surface area contributed by atoms with E-state index in [-0.39, 0.29) is 41.5 Å². The summed E-state index contributed by atoms with van der Waals surface area (Å²) < 4.78 is 62.4. The molecule has 1 aliphatic heterocycles. The lowest BCUT2D eigenvalue weighted by Crippen LogP contribution is -2.44. The van der Waals surface area contributed by atoms with Crippen LogP contribution >= 0.6 is 0 Å². The molecular formula is C17H20F3NO3S. The molecule has 1 amide bonds. The number of carbonyl (C=O) groups is 1. The van der Waals surface area contributed by atoms with Gasteiger partial charge in [0.15, 0.2) is 9.84 Å². The minimum Gasteiger partial charge on any atom is -0.309 e. The smallest absolute Gasteiger partial charge is 0.309 e. The third kappa shape index (κ3) is 3.99. The summed E-state index contributed by atoms with van der Waals surface area (Å²) in [5.41, 5.74) is -0.631. The minimum absolute atomic E-state index is 0.0440. The Balaban J connectivity index is 1.94. The summed E-state index contributed by atoms with van der Waals surface area (Å²) in [6.45, 7) is 1.82. The van der Waals surface area contributed by atoms with Crippen LogP contribution in [0.4, 0.5) is 18.9 Å². The Bertz CT molecular complexity index is 772. The molecule has 1 aromatic rings. The normalized spacial score (nSPS) is 24.1. The zero-order chi connectivity index (χ0) is 18.4. The van der Waals surface area contributed by atoms with Crippen molar-refractivity contribution < 1.29 is 26.4 Å². The maximum Gasteiger partial charge on any atom is 0.416 e. The lowest BCUT2D eigenvalue weighted by molar-refractivity contribution is -0.137. The van der Waals surface area contributed by atoms with E-state index >= 15 is 0 Å². The highest BCUT2D eigenvalue weighted by Gasteiger charge is 2.41. The lowest BCUT2D eigenvalue weighted by atomic mass is 10.0. The molecule has 138 valence electrons. The molecule has 2 fully saturated rings. The molecule has 0 radical (unpaired) electrons. The Morgan fingerprint density at radius 3 is 2.44 bits per heavy atom. The maximum atomic E-state index is 13.0. The number of halogens is 3. The predicted molar refractivity (Wildman–Crippen MR) is 87.9 cm³/mol. The van der Waals surface area contributed by atoms with E-state index in [9.17, 15) is 26.4 Å².